The minimum atomic E-state index is -1.00. The molecule has 0 aromatic heterocycles. The van der Waals surface area contributed by atoms with E-state index in [-0.39, 0.29) is 5.91 Å². The van der Waals surface area contributed by atoms with Crippen molar-refractivity contribution in [1.82, 2.24) is 10.2 Å². The zero-order chi connectivity index (χ0) is 26.6. The summed E-state index contributed by atoms with van der Waals surface area (Å²) in [6, 6.07) is 0. The van der Waals surface area contributed by atoms with E-state index in [1.165, 1.54) is 51.4 Å². The molecule has 0 fully saturated rings. The van der Waals surface area contributed by atoms with Gasteiger partial charge in [-0.3, -0.25) is 4.79 Å². The van der Waals surface area contributed by atoms with E-state index in [9.17, 15) is 9.90 Å². The number of likely N-dealkylation sites (N-methyl/N-ethyl adjacent to an activating group) is 1. The van der Waals surface area contributed by atoms with Crippen LogP contribution in [0.4, 0.5) is 0 Å². The van der Waals surface area contributed by atoms with Gasteiger partial charge in [-0.15, -0.1) is 0 Å². The molecule has 1 unspecified atom stereocenters. The molecule has 1 heterocycles. The Morgan fingerprint density at radius 3 is 2.06 bits per heavy atom. The Morgan fingerprint density at radius 1 is 0.889 bits per heavy atom. The molecule has 0 saturated carbocycles. The summed E-state index contributed by atoms with van der Waals surface area (Å²) >= 11 is 0. The summed E-state index contributed by atoms with van der Waals surface area (Å²) in [5.74, 6) is 0.983. The van der Waals surface area contributed by atoms with Crippen LogP contribution in [0.5, 0.6) is 11.5 Å². The van der Waals surface area contributed by atoms with Gasteiger partial charge in [0.1, 0.15) is 11.5 Å². The van der Waals surface area contributed by atoms with Crippen molar-refractivity contribution in [3.05, 3.63) is 28.3 Å². The van der Waals surface area contributed by atoms with Gasteiger partial charge in [0.05, 0.1) is 0 Å². The topological polar surface area (TPSA) is 61.8 Å². The highest BCUT2D eigenvalue weighted by Gasteiger charge is 2.41. The van der Waals surface area contributed by atoms with E-state index >= 15 is 0 Å². The van der Waals surface area contributed by atoms with Gasteiger partial charge in [-0.2, -0.15) is 0 Å². The van der Waals surface area contributed by atoms with Gasteiger partial charge in [0.2, 0.25) is 5.60 Å². The fourth-order valence-corrected chi connectivity index (χ4v) is 5.16. The van der Waals surface area contributed by atoms with Gasteiger partial charge in [-0.25, -0.2) is 0 Å². The Bertz CT molecular complexity index is 860. The monoisotopic (exact) mass is 500 g/mol. The lowest BCUT2D eigenvalue weighted by Gasteiger charge is -2.36. The van der Waals surface area contributed by atoms with Crippen LogP contribution < -0.4 is 10.1 Å². The minimum absolute atomic E-state index is 0.0599. The molecule has 5 heteroatoms. The molecule has 0 saturated heterocycles. The van der Waals surface area contributed by atoms with Crippen LogP contribution in [0.2, 0.25) is 0 Å². The van der Waals surface area contributed by atoms with Crippen molar-refractivity contribution in [2.45, 2.75) is 118 Å². The smallest absolute Gasteiger partial charge is 0.268 e. The molecule has 1 aromatic rings. The van der Waals surface area contributed by atoms with Crippen LogP contribution in [0.3, 0.4) is 0 Å². The molecule has 0 spiro atoms. The van der Waals surface area contributed by atoms with Crippen LogP contribution in [0.1, 0.15) is 114 Å². The third kappa shape index (κ3) is 7.99. The number of phenols is 1. The Labute approximate surface area is 220 Å². The van der Waals surface area contributed by atoms with E-state index in [0.29, 0.717) is 18.7 Å². The first-order chi connectivity index (χ1) is 17.3. The van der Waals surface area contributed by atoms with Crippen molar-refractivity contribution in [2.24, 2.45) is 0 Å². The molecular weight excluding hydrogens is 448 g/mol. The number of hydrogen-bond donors (Lipinski definition) is 2. The third-order valence-electron chi connectivity index (χ3n) is 7.96. The number of nitrogens with zero attached hydrogens (tertiary/aromatic N) is 1. The molecule has 1 aliphatic rings. The number of carbonyl (C=O) groups excluding carboxylic acids is 1. The van der Waals surface area contributed by atoms with Crippen LogP contribution >= 0.6 is 0 Å². The first kappa shape index (κ1) is 30.2. The Balaban J connectivity index is 2.05. The van der Waals surface area contributed by atoms with Gasteiger partial charge in [0, 0.05) is 30.6 Å². The van der Waals surface area contributed by atoms with E-state index in [0.717, 1.165) is 60.5 Å². The Hall–Kier alpha value is -2.01. The number of fused-ring (bicyclic) bond motifs is 1. The second-order valence-electron chi connectivity index (χ2n) is 10.5. The van der Waals surface area contributed by atoms with Crippen molar-refractivity contribution >= 4 is 12.0 Å². The average molecular weight is 501 g/mol. The van der Waals surface area contributed by atoms with Crippen LogP contribution in [0, 0.1) is 20.8 Å². The van der Waals surface area contributed by atoms with E-state index in [1.807, 2.05) is 32.9 Å². The minimum Gasteiger partial charge on any atom is -0.507 e. The molecule has 1 atom stereocenters. The molecule has 5 nitrogen and oxygen atoms in total. The molecule has 0 aliphatic carbocycles. The molecule has 1 aliphatic heterocycles. The number of unbranched alkanes of at least 4 members (excludes halogenated alkanes) is 9. The first-order valence-electron chi connectivity index (χ1n) is 14.5. The molecule has 1 aromatic carbocycles. The maximum absolute atomic E-state index is 13.6. The van der Waals surface area contributed by atoms with Crippen LogP contribution in [-0.4, -0.2) is 47.7 Å². The summed E-state index contributed by atoms with van der Waals surface area (Å²) in [7, 11) is 0. The van der Waals surface area contributed by atoms with Gasteiger partial charge in [-0.05, 0) is 57.5 Å². The molecule has 36 heavy (non-hydrogen) atoms. The number of phenolic OH excluding ortho intramolecular Hbond substituents is 1. The van der Waals surface area contributed by atoms with E-state index < -0.39 is 5.60 Å². The quantitative estimate of drug-likeness (QED) is 0.221. The van der Waals surface area contributed by atoms with Crippen molar-refractivity contribution in [3.8, 4) is 11.5 Å². The van der Waals surface area contributed by atoms with Crippen molar-refractivity contribution in [3.63, 3.8) is 0 Å². The number of carbonyl (C=O) groups is 1. The predicted molar refractivity (Wildman–Crippen MR) is 152 cm³/mol. The second-order valence-corrected chi connectivity index (χ2v) is 10.5. The van der Waals surface area contributed by atoms with E-state index in [1.54, 1.807) is 0 Å². The number of rotatable bonds is 17. The normalized spacial score (nSPS) is 16.8. The maximum atomic E-state index is 13.6. The number of hydrogen-bond acceptors (Lipinski definition) is 4. The highest BCUT2D eigenvalue weighted by Crippen LogP contribution is 2.43. The summed E-state index contributed by atoms with van der Waals surface area (Å²) in [6.07, 6.45) is 17.1. The predicted octanol–water partition coefficient (Wildman–Crippen LogP) is 7.23. The third-order valence-corrected chi connectivity index (χ3v) is 7.96. The first-order valence-corrected chi connectivity index (χ1v) is 14.5. The molecular formula is C31H52N2O3. The molecule has 2 rings (SSSR count). The summed E-state index contributed by atoms with van der Waals surface area (Å²) in [5.41, 5.74) is 2.40. The average Bonchev–Trinajstić information content (AvgIpc) is 2.89. The van der Waals surface area contributed by atoms with E-state index in [2.05, 4.69) is 31.0 Å². The Morgan fingerprint density at radius 2 is 1.47 bits per heavy atom. The standard InChI is InChI=1S/C31H52N2O3/c1-7-10-11-12-13-14-15-16-17-18-20-31(30(35)32-22-23-33(8-2)9-3)21-19-27-26(6)28(34)24(4)25(5)29(27)36-31/h19,21,34H,7-18,20,22-23H2,1-6H3,(H,32,35). The zero-order valence-corrected chi connectivity index (χ0v) is 24.0. The van der Waals surface area contributed by atoms with Gasteiger partial charge in [0.25, 0.3) is 5.91 Å². The fraction of sp³-hybridized carbons (Fsp3) is 0.710. The fourth-order valence-electron chi connectivity index (χ4n) is 5.16. The van der Waals surface area contributed by atoms with Gasteiger partial charge < -0.3 is 20.1 Å². The number of aromatic hydroxyl groups is 1. The lowest BCUT2D eigenvalue weighted by Crippen LogP contribution is -2.52. The molecule has 0 bridgehead atoms. The maximum Gasteiger partial charge on any atom is 0.268 e. The molecule has 1 amide bonds. The van der Waals surface area contributed by atoms with Gasteiger partial charge >= 0.3 is 0 Å². The molecule has 0 radical (unpaired) electrons. The SMILES string of the molecule is CCCCCCCCCCCCC1(C(=O)NCCN(CC)CC)C=Cc2c(C)c(O)c(C)c(C)c2O1. The van der Waals surface area contributed by atoms with Crippen molar-refractivity contribution < 1.29 is 14.6 Å². The summed E-state index contributed by atoms with van der Waals surface area (Å²) < 4.78 is 6.60. The second kappa shape index (κ2) is 15.3. The van der Waals surface area contributed by atoms with Crippen molar-refractivity contribution in [2.75, 3.05) is 26.2 Å². The molecule has 2 N–H and O–H groups in total. The highest BCUT2D eigenvalue weighted by atomic mass is 16.5. The number of ether oxygens (including phenoxy) is 1. The largest absolute Gasteiger partial charge is 0.507 e. The summed E-state index contributed by atoms with van der Waals surface area (Å²) in [5, 5.41) is 13.7. The number of nitrogens with one attached hydrogen (secondary N) is 1. The van der Waals surface area contributed by atoms with E-state index in [4.69, 9.17) is 4.74 Å². The zero-order valence-electron chi connectivity index (χ0n) is 24.0. The van der Waals surface area contributed by atoms with Crippen molar-refractivity contribution in [1.29, 1.82) is 0 Å². The van der Waals surface area contributed by atoms with Crippen LogP contribution in [-0.2, 0) is 4.79 Å². The highest BCUT2D eigenvalue weighted by molar-refractivity contribution is 5.91. The lowest BCUT2D eigenvalue weighted by molar-refractivity contribution is -0.134. The number of amides is 1. The van der Waals surface area contributed by atoms with Crippen LogP contribution in [0.15, 0.2) is 6.08 Å². The lowest BCUT2D eigenvalue weighted by atomic mass is 9.88. The van der Waals surface area contributed by atoms with Crippen LogP contribution in [0.25, 0.3) is 6.08 Å². The van der Waals surface area contributed by atoms with Gasteiger partial charge in [-0.1, -0.05) is 84.6 Å². The number of benzene rings is 1. The van der Waals surface area contributed by atoms with Gasteiger partial charge in [0.15, 0.2) is 0 Å². The Kier molecular flexibility index (Phi) is 12.8. The summed E-state index contributed by atoms with van der Waals surface area (Å²) in [4.78, 5) is 15.9. The summed E-state index contributed by atoms with van der Waals surface area (Å²) in [6.45, 7) is 15.7. The molecule has 204 valence electrons.